The molecule has 0 saturated heterocycles. The van der Waals surface area contributed by atoms with Crippen molar-refractivity contribution in [3.63, 3.8) is 0 Å². The quantitative estimate of drug-likeness (QED) is 0.261. The van der Waals surface area contributed by atoms with Crippen molar-refractivity contribution in [1.82, 2.24) is 0 Å². The van der Waals surface area contributed by atoms with Crippen molar-refractivity contribution in [2.75, 3.05) is 6.16 Å². The molecule has 0 saturated carbocycles. The molecule has 130 valence electrons. The summed E-state index contributed by atoms with van der Waals surface area (Å²) in [5.41, 5.74) is 0. The minimum absolute atomic E-state index is 0. The second-order valence-corrected chi connectivity index (χ2v) is 10.9. The smallest absolute Gasteiger partial charge is 0.744 e. The summed E-state index contributed by atoms with van der Waals surface area (Å²) < 4.78 is 80.3. The molecule has 0 amide bonds. The Kier molecular flexibility index (Phi) is 9.99. The van der Waals surface area contributed by atoms with E-state index in [1.165, 1.54) is 24.3 Å². The van der Waals surface area contributed by atoms with Crippen LogP contribution in [-0.4, -0.2) is 32.1 Å². The minimum Gasteiger partial charge on any atom is -0.744 e. The van der Waals surface area contributed by atoms with E-state index < -0.39 is 37.2 Å². The van der Waals surface area contributed by atoms with Gasteiger partial charge in [0.2, 0.25) is 0 Å². The number of benzene rings is 2. The summed E-state index contributed by atoms with van der Waals surface area (Å²) >= 11 is 0. The van der Waals surface area contributed by atoms with E-state index in [9.17, 15) is 30.5 Å². The molecule has 2 aromatic carbocycles. The van der Waals surface area contributed by atoms with Crippen LogP contribution in [0.4, 0.5) is 0 Å². The van der Waals surface area contributed by atoms with Gasteiger partial charge in [-0.1, -0.05) is 31.2 Å². The van der Waals surface area contributed by atoms with Crippen LogP contribution in [0.5, 0.6) is 0 Å². The monoisotopic (exact) mass is 434 g/mol. The van der Waals surface area contributed by atoms with Gasteiger partial charge in [0, 0.05) is 16.8 Å². The number of hydrogen-bond acceptors (Lipinski definition) is 7. The van der Waals surface area contributed by atoms with Gasteiger partial charge in [-0.3, -0.25) is 0 Å². The minimum atomic E-state index is -4.72. The average molecular weight is 434 g/mol. The Hall–Kier alpha value is 0.490. The van der Waals surface area contributed by atoms with Crippen molar-refractivity contribution in [2.45, 2.75) is 16.7 Å². The molecular formula is C14H13Na2O7PS2. The summed E-state index contributed by atoms with van der Waals surface area (Å²) in [4.78, 5) is -1.05. The molecule has 2 rings (SSSR count). The zero-order valence-corrected chi connectivity index (χ0v) is 21.0. The Morgan fingerprint density at radius 3 is 1.42 bits per heavy atom. The number of hydrogen-bond donors (Lipinski definition) is 0. The fraction of sp³-hybridized carbons (Fsp3) is 0.143. The Labute approximate surface area is 197 Å². The summed E-state index contributed by atoms with van der Waals surface area (Å²) in [6, 6.07) is 9.59. The van der Waals surface area contributed by atoms with Crippen LogP contribution in [0.1, 0.15) is 6.92 Å². The van der Waals surface area contributed by atoms with Gasteiger partial charge in [-0.25, -0.2) is 16.8 Å². The molecule has 0 aliphatic rings. The predicted molar refractivity (Wildman–Crippen MR) is 86.2 cm³/mol. The van der Waals surface area contributed by atoms with Gasteiger partial charge >= 0.3 is 59.1 Å². The van der Waals surface area contributed by atoms with E-state index in [2.05, 4.69) is 0 Å². The van der Waals surface area contributed by atoms with Crippen molar-refractivity contribution in [3.05, 3.63) is 48.5 Å². The molecule has 0 aliphatic carbocycles. The van der Waals surface area contributed by atoms with E-state index in [4.69, 9.17) is 0 Å². The fourth-order valence-corrected chi connectivity index (χ4v) is 5.83. The van der Waals surface area contributed by atoms with Gasteiger partial charge in [-0.15, -0.1) is 0 Å². The molecule has 0 fully saturated rings. The van der Waals surface area contributed by atoms with Crippen molar-refractivity contribution < 1.29 is 89.6 Å². The third kappa shape index (κ3) is 5.99. The van der Waals surface area contributed by atoms with Crippen LogP contribution < -0.4 is 69.7 Å². The second-order valence-electron chi connectivity index (χ2n) is 4.96. The molecule has 0 spiro atoms. The molecule has 2 aromatic rings. The van der Waals surface area contributed by atoms with E-state index in [1.807, 2.05) is 0 Å². The molecule has 0 heterocycles. The summed E-state index contributed by atoms with van der Waals surface area (Å²) in [5.74, 6) is 0. The van der Waals surface area contributed by atoms with E-state index in [0.29, 0.717) is 0 Å². The van der Waals surface area contributed by atoms with Crippen LogP contribution >= 0.6 is 7.14 Å². The predicted octanol–water partition coefficient (Wildman–Crippen LogP) is -5.16. The molecule has 0 N–H and O–H groups in total. The molecule has 0 atom stereocenters. The number of rotatable bonds is 5. The first-order chi connectivity index (χ1) is 11.0. The topological polar surface area (TPSA) is 131 Å². The first-order valence-electron chi connectivity index (χ1n) is 6.70. The van der Waals surface area contributed by atoms with Gasteiger partial charge in [0.25, 0.3) is 0 Å². The second kappa shape index (κ2) is 9.80. The van der Waals surface area contributed by atoms with E-state index in [0.717, 1.165) is 24.3 Å². The van der Waals surface area contributed by atoms with Gasteiger partial charge in [-0.2, -0.15) is 0 Å². The van der Waals surface area contributed by atoms with Crippen LogP contribution in [0.2, 0.25) is 0 Å². The Morgan fingerprint density at radius 2 is 1.15 bits per heavy atom. The average Bonchev–Trinajstić information content (AvgIpc) is 2.53. The fourth-order valence-electron chi connectivity index (χ4n) is 2.24. The molecule has 26 heavy (non-hydrogen) atoms. The Balaban J connectivity index is 0.00000312. The first-order valence-corrected chi connectivity index (χ1v) is 11.4. The third-order valence-electron chi connectivity index (χ3n) is 3.49. The molecule has 7 nitrogen and oxygen atoms in total. The zero-order valence-electron chi connectivity index (χ0n) is 14.4. The van der Waals surface area contributed by atoms with E-state index in [1.54, 1.807) is 6.92 Å². The standard InChI is InChI=1S/C14H15O7PS2.2Na/c1-2-22(15,11-5-3-7-13(9-11)23(16,17)18)12-6-4-8-14(10-12)24(19,20)21;;/h3-10H,2H2,1H3,(H,16,17,18)(H,19,20,21);;/q;2*+1/p-2. The summed E-state index contributed by atoms with van der Waals surface area (Å²) in [6.45, 7) is 1.58. The van der Waals surface area contributed by atoms with Gasteiger partial charge in [0.15, 0.2) is 0 Å². The maximum absolute atomic E-state index is 13.3. The largest absolute Gasteiger partial charge is 1.00 e. The zero-order chi connectivity index (χ0) is 18.2. The van der Waals surface area contributed by atoms with Gasteiger partial charge in [0.1, 0.15) is 27.4 Å². The van der Waals surface area contributed by atoms with Crippen molar-refractivity contribution in [2.24, 2.45) is 0 Å². The molecule has 0 aromatic heterocycles. The summed E-state index contributed by atoms with van der Waals surface area (Å²) in [5, 5.41) is 0.199. The van der Waals surface area contributed by atoms with Crippen LogP contribution in [0.25, 0.3) is 0 Å². The Morgan fingerprint density at radius 1 is 0.808 bits per heavy atom. The van der Waals surface area contributed by atoms with Crippen LogP contribution in [0.3, 0.4) is 0 Å². The Bertz CT molecular complexity index is 957. The van der Waals surface area contributed by atoms with Gasteiger partial charge in [-0.05, 0) is 24.3 Å². The van der Waals surface area contributed by atoms with Crippen molar-refractivity contribution >= 4 is 38.0 Å². The van der Waals surface area contributed by atoms with Gasteiger partial charge < -0.3 is 13.7 Å². The van der Waals surface area contributed by atoms with Crippen LogP contribution in [-0.2, 0) is 24.8 Å². The molecule has 12 heteroatoms. The first kappa shape index (κ1) is 26.5. The van der Waals surface area contributed by atoms with E-state index in [-0.39, 0.29) is 75.9 Å². The van der Waals surface area contributed by atoms with Crippen molar-refractivity contribution in [1.29, 1.82) is 0 Å². The normalized spacial score (nSPS) is 12.0. The SMILES string of the molecule is CCP(=O)(c1cccc(S(=O)(=O)[O-])c1)c1cccc(S(=O)(=O)[O-])c1.[Na+].[Na+]. The van der Waals surface area contributed by atoms with Crippen LogP contribution in [0.15, 0.2) is 58.3 Å². The molecular weight excluding hydrogens is 421 g/mol. The third-order valence-corrected chi connectivity index (χ3v) is 8.27. The van der Waals surface area contributed by atoms with Crippen LogP contribution in [0, 0.1) is 0 Å². The molecule has 0 aliphatic heterocycles. The maximum Gasteiger partial charge on any atom is 1.00 e. The molecule has 0 unspecified atom stereocenters. The summed E-state index contributed by atoms with van der Waals surface area (Å²) in [7, 11) is -12.9. The molecule has 0 radical (unpaired) electrons. The maximum atomic E-state index is 13.3. The van der Waals surface area contributed by atoms with Crippen molar-refractivity contribution in [3.8, 4) is 0 Å². The summed E-state index contributed by atoms with van der Waals surface area (Å²) in [6.07, 6.45) is 0.0533. The molecule has 0 bridgehead atoms. The van der Waals surface area contributed by atoms with Gasteiger partial charge in [0.05, 0.1) is 9.79 Å². The van der Waals surface area contributed by atoms with E-state index >= 15 is 0 Å².